The van der Waals surface area contributed by atoms with Crippen molar-refractivity contribution in [2.24, 2.45) is 0 Å². The summed E-state index contributed by atoms with van der Waals surface area (Å²) in [5.41, 5.74) is 2.96. The molecule has 0 N–H and O–H groups in total. The number of nitrogens with zero attached hydrogens (tertiary/aromatic N) is 1. The minimum absolute atomic E-state index is 0.00240. The van der Waals surface area contributed by atoms with Gasteiger partial charge in [-0.2, -0.15) is 0 Å². The molecular weight excluding hydrogens is 414 g/mol. The van der Waals surface area contributed by atoms with E-state index in [2.05, 4.69) is 4.98 Å². The van der Waals surface area contributed by atoms with Crippen LogP contribution in [0.15, 0.2) is 36.5 Å². The zero-order chi connectivity index (χ0) is 23.3. The molecule has 2 aromatic carbocycles. The summed E-state index contributed by atoms with van der Waals surface area (Å²) in [5.74, 6) is 0.743. The first-order valence-electron chi connectivity index (χ1n) is 9.85. The molecule has 0 bridgehead atoms. The lowest BCUT2D eigenvalue weighted by molar-refractivity contribution is -0.143. The van der Waals surface area contributed by atoms with Gasteiger partial charge in [-0.25, -0.2) is 4.98 Å². The summed E-state index contributed by atoms with van der Waals surface area (Å²) in [6.07, 6.45) is 1.68. The Bertz CT molecular complexity index is 1140. The first-order valence-corrected chi connectivity index (χ1v) is 9.85. The molecule has 0 unspecified atom stereocenters. The van der Waals surface area contributed by atoms with Crippen LogP contribution in [0, 0.1) is 0 Å². The highest BCUT2D eigenvalue weighted by Gasteiger charge is 2.20. The molecule has 0 spiro atoms. The second kappa shape index (κ2) is 10.00. The van der Waals surface area contributed by atoms with Crippen LogP contribution in [0.1, 0.15) is 25.0 Å². The molecule has 32 heavy (non-hydrogen) atoms. The number of hydrogen-bond donors (Lipinski definition) is 0. The van der Waals surface area contributed by atoms with Gasteiger partial charge in [0.2, 0.25) is 5.88 Å². The second-order valence-electron chi connectivity index (χ2n) is 6.97. The van der Waals surface area contributed by atoms with Gasteiger partial charge in [0.1, 0.15) is 13.2 Å². The van der Waals surface area contributed by atoms with E-state index in [4.69, 9.17) is 23.7 Å². The third-order valence-electron chi connectivity index (χ3n) is 4.93. The Balaban J connectivity index is 2.35. The van der Waals surface area contributed by atoms with Crippen molar-refractivity contribution in [1.82, 2.24) is 4.98 Å². The Kier molecular flexibility index (Phi) is 7.14. The molecule has 168 valence electrons. The molecule has 0 saturated carbocycles. The Morgan fingerprint density at radius 3 is 2.06 bits per heavy atom. The standard InChI is InChI=1S/C24H25NO7/c1-14(26)31-12-18-8-17-9-21(28-3)22(29-4)10-19(17)24(20(18)13-32-15(2)27)16-6-7-23(30-5)25-11-16/h6-11H,12-13H2,1-5H3. The lowest BCUT2D eigenvalue weighted by Crippen LogP contribution is -2.08. The maximum Gasteiger partial charge on any atom is 0.302 e. The molecular formula is C24H25NO7. The monoisotopic (exact) mass is 439 g/mol. The van der Waals surface area contributed by atoms with E-state index in [9.17, 15) is 9.59 Å². The van der Waals surface area contributed by atoms with Gasteiger partial charge < -0.3 is 23.7 Å². The first kappa shape index (κ1) is 22.9. The van der Waals surface area contributed by atoms with Crippen LogP contribution in [0.25, 0.3) is 21.9 Å². The molecule has 0 aliphatic heterocycles. The van der Waals surface area contributed by atoms with Gasteiger partial charge in [-0.1, -0.05) is 0 Å². The molecule has 0 saturated heterocycles. The fourth-order valence-corrected chi connectivity index (χ4v) is 3.45. The van der Waals surface area contributed by atoms with Crippen molar-refractivity contribution in [2.45, 2.75) is 27.1 Å². The number of esters is 2. The quantitative estimate of drug-likeness (QED) is 0.485. The van der Waals surface area contributed by atoms with Crippen LogP contribution < -0.4 is 14.2 Å². The Hall–Kier alpha value is -3.81. The van der Waals surface area contributed by atoms with Crippen molar-refractivity contribution < 1.29 is 33.3 Å². The Morgan fingerprint density at radius 2 is 1.50 bits per heavy atom. The molecule has 3 rings (SSSR count). The molecule has 0 aliphatic carbocycles. The van der Waals surface area contributed by atoms with E-state index in [1.165, 1.54) is 13.8 Å². The molecule has 0 aliphatic rings. The fraction of sp³-hybridized carbons (Fsp3) is 0.292. The topological polar surface area (TPSA) is 93.2 Å². The van der Waals surface area contributed by atoms with E-state index < -0.39 is 11.9 Å². The highest BCUT2D eigenvalue weighted by Crippen LogP contribution is 2.41. The van der Waals surface area contributed by atoms with Crippen molar-refractivity contribution in [1.29, 1.82) is 0 Å². The van der Waals surface area contributed by atoms with Crippen molar-refractivity contribution in [2.75, 3.05) is 21.3 Å². The fourth-order valence-electron chi connectivity index (χ4n) is 3.45. The van der Waals surface area contributed by atoms with Crippen LogP contribution in [-0.2, 0) is 32.3 Å². The van der Waals surface area contributed by atoms with Crippen molar-refractivity contribution >= 4 is 22.7 Å². The summed E-state index contributed by atoms with van der Waals surface area (Å²) < 4.78 is 26.8. The predicted octanol–water partition coefficient (Wildman–Crippen LogP) is 4.05. The number of benzene rings is 2. The van der Waals surface area contributed by atoms with Crippen molar-refractivity contribution in [3.63, 3.8) is 0 Å². The molecule has 1 aromatic heterocycles. The highest BCUT2D eigenvalue weighted by atomic mass is 16.5. The SMILES string of the molecule is COc1ccc(-c2c(COC(C)=O)c(COC(C)=O)cc3cc(OC)c(OC)cc23)cn1. The van der Waals surface area contributed by atoms with Crippen molar-refractivity contribution in [3.8, 4) is 28.5 Å². The first-order chi connectivity index (χ1) is 15.4. The predicted molar refractivity (Wildman–Crippen MR) is 118 cm³/mol. The Labute approximate surface area is 186 Å². The summed E-state index contributed by atoms with van der Waals surface area (Å²) in [6, 6.07) is 9.21. The summed E-state index contributed by atoms with van der Waals surface area (Å²) in [6.45, 7) is 2.70. The molecule has 0 amide bonds. The van der Waals surface area contributed by atoms with E-state index in [0.29, 0.717) is 28.5 Å². The van der Waals surface area contributed by atoms with E-state index in [1.807, 2.05) is 24.3 Å². The third kappa shape index (κ3) is 4.91. The molecule has 1 heterocycles. The van der Waals surface area contributed by atoms with Crippen molar-refractivity contribution in [3.05, 3.63) is 47.7 Å². The maximum absolute atomic E-state index is 11.6. The van der Waals surface area contributed by atoms with E-state index in [0.717, 1.165) is 21.9 Å². The molecule has 0 fully saturated rings. The van der Waals surface area contributed by atoms with Crippen LogP contribution in [0.2, 0.25) is 0 Å². The lowest BCUT2D eigenvalue weighted by atomic mass is 9.90. The summed E-state index contributed by atoms with van der Waals surface area (Å²) in [4.78, 5) is 27.4. The zero-order valence-corrected chi connectivity index (χ0v) is 18.7. The van der Waals surface area contributed by atoms with Crippen LogP contribution in [0.5, 0.6) is 17.4 Å². The van der Waals surface area contributed by atoms with Gasteiger partial charge >= 0.3 is 11.9 Å². The second-order valence-corrected chi connectivity index (χ2v) is 6.97. The minimum Gasteiger partial charge on any atom is -0.493 e. The van der Waals surface area contributed by atoms with Gasteiger partial charge in [0.05, 0.1) is 21.3 Å². The average molecular weight is 439 g/mol. The number of hydrogen-bond acceptors (Lipinski definition) is 8. The van der Waals surface area contributed by atoms with E-state index >= 15 is 0 Å². The maximum atomic E-state index is 11.6. The molecule has 0 atom stereocenters. The molecule has 8 nitrogen and oxygen atoms in total. The Morgan fingerprint density at radius 1 is 0.844 bits per heavy atom. The highest BCUT2D eigenvalue weighted by molar-refractivity contribution is 6.01. The summed E-state index contributed by atoms with van der Waals surface area (Å²) in [5, 5.41) is 1.67. The number of aromatic nitrogens is 1. The number of pyridine rings is 1. The average Bonchev–Trinajstić information content (AvgIpc) is 2.79. The van der Waals surface area contributed by atoms with Gasteiger partial charge in [0.15, 0.2) is 11.5 Å². The number of carbonyl (C=O) groups excluding carboxylic acids is 2. The molecule has 0 radical (unpaired) electrons. The smallest absolute Gasteiger partial charge is 0.302 e. The van der Waals surface area contributed by atoms with Gasteiger partial charge in [0.25, 0.3) is 0 Å². The van der Waals surface area contributed by atoms with Gasteiger partial charge in [-0.3, -0.25) is 9.59 Å². The van der Waals surface area contributed by atoms with Gasteiger partial charge in [-0.15, -0.1) is 0 Å². The molecule has 8 heteroatoms. The van der Waals surface area contributed by atoms with Crippen LogP contribution in [0.4, 0.5) is 0 Å². The number of rotatable bonds is 8. The number of carbonyl (C=O) groups is 2. The number of fused-ring (bicyclic) bond motifs is 1. The number of methoxy groups -OCH3 is 3. The zero-order valence-electron chi connectivity index (χ0n) is 18.7. The minimum atomic E-state index is -0.422. The van der Waals surface area contributed by atoms with E-state index in [-0.39, 0.29) is 13.2 Å². The van der Waals surface area contributed by atoms with Crippen LogP contribution in [-0.4, -0.2) is 38.3 Å². The largest absolute Gasteiger partial charge is 0.493 e. The summed E-state index contributed by atoms with van der Waals surface area (Å²) in [7, 11) is 4.67. The normalized spacial score (nSPS) is 10.5. The lowest BCUT2D eigenvalue weighted by Gasteiger charge is -2.20. The third-order valence-corrected chi connectivity index (χ3v) is 4.93. The van der Waals surface area contributed by atoms with Gasteiger partial charge in [0, 0.05) is 37.2 Å². The van der Waals surface area contributed by atoms with Gasteiger partial charge in [-0.05, 0) is 46.2 Å². The molecule has 3 aromatic rings. The number of ether oxygens (including phenoxy) is 5. The van der Waals surface area contributed by atoms with E-state index in [1.54, 1.807) is 33.6 Å². The van der Waals surface area contributed by atoms with Crippen LogP contribution in [0.3, 0.4) is 0 Å². The summed E-state index contributed by atoms with van der Waals surface area (Å²) >= 11 is 0. The van der Waals surface area contributed by atoms with Crippen LogP contribution >= 0.6 is 0 Å².